The Morgan fingerprint density at radius 1 is 1.47 bits per heavy atom. The van der Waals surface area contributed by atoms with Gasteiger partial charge >= 0.3 is 0 Å². The van der Waals surface area contributed by atoms with Gasteiger partial charge in [0.05, 0.1) is 0 Å². The minimum atomic E-state index is -0.177. The molecule has 0 saturated heterocycles. The fourth-order valence-electron chi connectivity index (χ4n) is 1.25. The summed E-state index contributed by atoms with van der Waals surface area (Å²) in [6, 6.07) is 1.82. The molecule has 0 bridgehead atoms. The summed E-state index contributed by atoms with van der Waals surface area (Å²) >= 11 is 0. The van der Waals surface area contributed by atoms with Crippen LogP contribution in [-0.2, 0) is 6.42 Å². The minimum absolute atomic E-state index is 0.114. The van der Waals surface area contributed by atoms with E-state index >= 15 is 0 Å². The fraction of sp³-hybridized carbons (Fsp3) is 0.636. The zero-order chi connectivity index (χ0) is 11.4. The first-order valence-electron chi connectivity index (χ1n) is 5.25. The van der Waals surface area contributed by atoms with E-state index in [4.69, 9.17) is 4.52 Å². The third-order valence-electron chi connectivity index (χ3n) is 1.82. The summed E-state index contributed by atoms with van der Waals surface area (Å²) in [6.45, 7) is 8.01. The lowest BCUT2D eigenvalue weighted by Gasteiger charge is -2.04. The summed E-state index contributed by atoms with van der Waals surface area (Å²) in [7, 11) is 0. The number of carbonyl (C=O) groups is 1. The Labute approximate surface area is 90.0 Å². The zero-order valence-electron chi connectivity index (χ0n) is 9.70. The SMILES string of the molecule is CC(C)Cc1cc(C(=O)NC(C)C)no1. The average Bonchev–Trinajstić information content (AvgIpc) is 2.50. The van der Waals surface area contributed by atoms with E-state index in [-0.39, 0.29) is 11.9 Å². The van der Waals surface area contributed by atoms with Crippen molar-refractivity contribution in [2.75, 3.05) is 0 Å². The lowest BCUT2D eigenvalue weighted by Crippen LogP contribution is -2.30. The van der Waals surface area contributed by atoms with Crippen LogP contribution in [0.1, 0.15) is 43.9 Å². The highest BCUT2D eigenvalue weighted by molar-refractivity contribution is 5.92. The summed E-state index contributed by atoms with van der Waals surface area (Å²) in [6.07, 6.45) is 0.807. The van der Waals surface area contributed by atoms with Crippen LogP contribution in [0.25, 0.3) is 0 Å². The van der Waals surface area contributed by atoms with Gasteiger partial charge in [0.15, 0.2) is 5.69 Å². The number of amides is 1. The van der Waals surface area contributed by atoms with Crippen molar-refractivity contribution in [3.05, 3.63) is 17.5 Å². The van der Waals surface area contributed by atoms with Gasteiger partial charge in [0, 0.05) is 18.5 Å². The third kappa shape index (κ3) is 3.73. The van der Waals surface area contributed by atoms with Crippen LogP contribution >= 0.6 is 0 Å². The molecular weight excluding hydrogens is 192 g/mol. The summed E-state index contributed by atoms with van der Waals surface area (Å²) in [5, 5.41) is 6.50. The van der Waals surface area contributed by atoms with E-state index in [9.17, 15) is 4.79 Å². The first-order valence-corrected chi connectivity index (χ1v) is 5.25. The van der Waals surface area contributed by atoms with Crippen molar-refractivity contribution in [3.63, 3.8) is 0 Å². The van der Waals surface area contributed by atoms with E-state index < -0.39 is 0 Å². The van der Waals surface area contributed by atoms with Crippen LogP contribution in [0.5, 0.6) is 0 Å². The molecule has 0 spiro atoms. The van der Waals surface area contributed by atoms with Crippen molar-refractivity contribution >= 4 is 5.91 Å². The molecule has 0 atom stereocenters. The van der Waals surface area contributed by atoms with Crippen LogP contribution in [0.3, 0.4) is 0 Å². The van der Waals surface area contributed by atoms with Crippen molar-refractivity contribution in [2.24, 2.45) is 5.92 Å². The van der Waals surface area contributed by atoms with Gasteiger partial charge < -0.3 is 9.84 Å². The Kier molecular flexibility index (Phi) is 3.88. The van der Waals surface area contributed by atoms with Crippen LogP contribution in [-0.4, -0.2) is 17.1 Å². The van der Waals surface area contributed by atoms with Gasteiger partial charge in [0.25, 0.3) is 5.91 Å². The molecule has 1 aromatic heterocycles. The highest BCUT2D eigenvalue weighted by Gasteiger charge is 2.13. The molecule has 0 radical (unpaired) electrons. The van der Waals surface area contributed by atoms with E-state index in [0.717, 1.165) is 12.2 Å². The van der Waals surface area contributed by atoms with Gasteiger partial charge in [-0.1, -0.05) is 19.0 Å². The largest absolute Gasteiger partial charge is 0.361 e. The number of hydrogen-bond donors (Lipinski definition) is 1. The van der Waals surface area contributed by atoms with E-state index in [2.05, 4.69) is 24.3 Å². The minimum Gasteiger partial charge on any atom is -0.361 e. The van der Waals surface area contributed by atoms with Crippen molar-refractivity contribution in [2.45, 2.75) is 40.2 Å². The number of nitrogens with one attached hydrogen (secondary N) is 1. The summed E-state index contributed by atoms with van der Waals surface area (Å²) in [4.78, 5) is 11.5. The first-order chi connectivity index (χ1) is 6.99. The average molecular weight is 210 g/mol. The lowest BCUT2D eigenvalue weighted by atomic mass is 10.1. The van der Waals surface area contributed by atoms with Gasteiger partial charge in [0.2, 0.25) is 0 Å². The van der Waals surface area contributed by atoms with Gasteiger partial charge in [-0.3, -0.25) is 4.79 Å². The van der Waals surface area contributed by atoms with E-state index in [1.54, 1.807) is 6.07 Å². The number of hydrogen-bond acceptors (Lipinski definition) is 3. The summed E-state index contributed by atoms with van der Waals surface area (Å²) in [5.74, 6) is 1.08. The highest BCUT2D eigenvalue weighted by atomic mass is 16.5. The van der Waals surface area contributed by atoms with Crippen LogP contribution < -0.4 is 5.32 Å². The number of carbonyl (C=O) groups excluding carboxylic acids is 1. The van der Waals surface area contributed by atoms with E-state index in [1.165, 1.54) is 0 Å². The lowest BCUT2D eigenvalue weighted by molar-refractivity contribution is 0.0934. The number of aromatic nitrogens is 1. The van der Waals surface area contributed by atoms with E-state index in [1.807, 2.05) is 13.8 Å². The molecule has 0 aliphatic heterocycles. The van der Waals surface area contributed by atoms with Crippen molar-refractivity contribution < 1.29 is 9.32 Å². The molecule has 84 valence electrons. The molecule has 4 heteroatoms. The van der Waals surface area contributed by atoms with Crippen molar-refractivity contribution in [1.82, 2.24) is 10.5 Å². The zero-order valence-corrected chi connectivity index (χ0v) is 9.70. The molecule has 15 heavy (non-hydrogen) atoms. The molecule has 0 saturated carbocycles. The van der Waals surface area contributed by atoms with Crippen LogP contribution in [0.2, 0.25) is 0 Å². The third-order valence-corrected chi connectivity index (χ3v) is 1.82. The predicted octanol–water partition coefficient (Wildman–Crippen LogP) is 2.01. The highest BCUT2D eigenvalue weighted by Crippen LogP contribution is 2.09. The second kappa shape index (κ2) is 4.96. The Balaban J connectivity index is 2.63. The van der Waals surface area contributed by atoms with Gasteiger partial charge in [-0.15, -0.1) is 0 Å². The Morgan fingerprint density at radius 2 is 2.13 bits per heavy atom. The molecule has 0 unspecified atom stereocenters. The molecule has 1 N–H and O–H groups in total. The maximum atomic E-state index is 11.5. The quantitative estimate of drug-likeness (QED) is 0.827. The molecule has 0 aromatic carbocycles. The standard InChI is InChI=1S/C11H18N2O2/c1-7(2)5-9-6-10(13-15-9)11(14)12-8(3)4/h6-8H,5H2,1-4H3,(H,12,14). The second-order valence-electron chi connectivity index (χ2n) is 4.40. The Bertz CT molecular complexity index is 329. The normalized spacial score (nSPS) is 11.1. The van der Waals surface area contributed by atoms with Gasteiger partial charge in [-0.25, -0.2) is 0 Å². The summed E-state index contributed by atoms with van der Waals surface area (Å²) < 4.78 is 5.07. The fourth-order valence-corrected chi connectivity index (χ4v) is 1.25. The van der Waals surface area contributed by atoms with Crippen LogP contribution in [0.4, 0.5) is 0 Å². The molecule has 0 aliphatic carbocycles. The maximum absolute atomic E-state index is 11.5. The van der Waals surface area contributed by atoms with Crippen molar-refractivity contribution in [1.29, 1.82) is 0 Å². The topological polar surface area (TPSA) is 55.1 Å². The van der Waals surface area contributed by atoms with Crippen molar-refractivity contribution in [3.8, 4) is 0 Å². The van der Waals surface area contributed by atoms with Crippen LogP contribution in [0.15, 0.2) is 10.6 Å². The first kappa shape index (κ1) is 11.8. The van der Waals surface area contributed by atoms with Crippen LogP contribution in [0, 0.1) is 5.92 Å². The molecule has 1 amide bonds. The molecule has 0 aliphatic rings. The summed E-state index contributed by atoms with van der Waals surface area (Å²) in [5.41, 5.74) is 0.361. The van der Waals surface area contributed by atoms with Gasteiger partial charge in [-0.2, -0.15) is 0 Å². The Hall–Kier alpha value is -1.32. The Morgan fingerprint density at radius 3 is 2.67 bits per heavy atom. The second-order valence-corrected chi connectivity index (χ2v) is 4.40. The van der Waals surface area contributed by atoms with Gasteiger partial charge in [-0.05, 0) is 19.8 Å². The predicted molar refractivity (Wildman–Crippen MR) is 57.6 cm³/mol. The number of nitrogens with zero attached hydrogens (tertiary/aromatic N) is 1. The molecule has 4 nitrogen and oxygen atoms in total. The number of rotatable bonds is 4. The molecule has 1 aromatic rings. The monoisotopic (exact) mass is 210 g/mol. The molecule has 1 heterocycles. The smallest absolute Gasteiger partial charge is 0.273 e. The van der Waals surface area contributed by atoms with Gasteiger partial charge in [0.1, 0.15) is 5.76 Å². The molecular formula is C11H18N2O2. The van der Waals surface area contributed by atoms with E-state index in [0.29, 0.717) is 11.6 Å². The molecule has 0 fully saturated rings. The molecule has 1 rings (SSSR count). The maximum Gasteiger partial charge on any atom is 0.273 e.